The second-order valence-electron chi connectivity index (χ2n) is 10.3. The molecule has 2 atom stereocenters. The van der Waals surface area contributed by atoms with Gasteiger partial charge in [-0.15, -0.1) is 0 Å². The molecule has 5 aromatic rings. The fraction of sp³-hybridized carbons (Fsp3) is 0.182. The van der Waals surface area contributed by atoms with E-state index in [9.17, 15) is 0 Å². The Morgan fingerprint density at radius 2 is 1.26 bits per heavy atom. The van der Waals surface area contributed by atoms with Crippen LogP contribution in [0.1, 0.15) is 31.2 Å². The van der Waals surface area contributed by atoms with Crippen LogP contribution in [0.25, 0.3) is 32.7 Å². The minimum Gasteiger partial charge on any atom is -0.521 e. The molecule has 186 valence electrons. The first-order chi connectivity index (χ1) is 18.8. The predicted molar refractivity (Wildman–Crippen MR) is 158 cm³/mol. The lowest BCUT2D eigenvalue weighted by molar-refractivity contribution is 0.387. The smallest absolute Gasteiger partial charge is 0.521 e. The van der Waals surface area contributed by atoms with E-state index in [0.717, 1.165) is 57.3 Å². The minimum atomic E-state index is -0.625. The van der Waals surface area contributed by atoms with E-state index >= 15 is 0 Å². The van der Waals surface area contributed by atoms with Gasteiger partial charge >= 0.3 is 7.12 Å². The zero-order valence-corrected chi connectivity index (χ0v) is 21.2. The highest BCUT2D eigenvalue weighted by Crippen LogP contribution is 2.47. The number of hydrogen-bond acceptors (Lipinski definition) is 4. The van der Waals surface area contributed by atoms with Crippen LogP contribution in [0.5, 0.6) is 11.5 Å². The molecule has 0 spiro atoms. The number of nitrogens with zero attached hydrogens (tertiary/aromatic N) is 1. The van der Waals surface area contributed by atoms with E-state index in [4.69, 9.17) is 20.0 Å². The Balaban J connectivity index is 1.39. The van der Waals surface area contributed by atoms with E-state index in [0.29, 0.717) is 0 Å². The Labute approximate surface area is 223 Å². The molecule has 2 aliphatic rings. The molecule has 0 radical (unpaired) electrons. The standard InChI is InChI=1S/C33H29BN2O2/c35-28-15-7-8-16-29(28)36-21-24-11-3-6-14-27(24)34-37-30-19-17-22-9-1-4-12-25(22)32(30)33-26-13-5-2-10-23(26)18-20-31(33)38-34/h1-6,9-14,17-21,28-29H,7-8,15-16,35H2/t28-,29-/m0/s1. The first-order valence-corrected chi connectivity index (χ1v) is 13.5. The Bertz CT molecular complexity index is 1590. The lowest BCUT2D eigenvalue weighted by Gasteiger charge is -2.25. The molecule has 0 bridgehead atoms. The first-order valence-electron chi connectivity index (χ1n) is 13.5. The number of hydrogen-bond donors (Lipinski definition) is 1. The third kappa shape index (κ3) is 4.04. The van der Waals surface area contributed by atoms with Gasteiger partial charge in [0.15, 0.2) is 0 Å². The minimum absolute atomic E-state index is 0.123. The van der Waals surface area contributed by atoms with Crippen molar-refractivity contribution in [3.63, 3.8) is 0 Å². The fourth-order valence-corrected chi connectivity index (χ4v) is 5.94. The van der Waals surface area contributed by atoms with Gasteiger partial charge in [0, 0.05) is 28.8 Å². The third-order valence-corrected chi connectivity index (χ3v) is 7.94. The van der Waals surface area contributed by atoms with Gasteiger partial charge in [0.05, 0.1) is 6.04 Å². The second kappa shape index (κ2) is 9.66. The summed E-state index contributed by atoms with van der Waals surface area (Å²) in [5, 5.41) is 4.63. The summed E-state index contributed by atoms with van der Waals surface area (Å²) in [7, 11) is -0.625. The van der Waals surface area contributed by atoms with Gasteiger partial charge in [-0.25, -0.2) is 0 Å². The Morgan fingerprint density at radius 3 is 1.92 bits per heavy atom. The summed E-state index contributed by atoms with van der Waals surface area (Å²) in [6.45, 7) is 0. The van der Waals surface area contributed by atoms with Crippen LogP contribution >= 0.6 is 0 Å². The number of benzene rings is 5. The summed E-state index contributed by atoms with van der Waals surface area (Å²) < 4.78 is 13.5. The fourth-order valence-electron chi connectivity index (χ4n) is 5.94. The molecule has 38 heavy (non-hydrogen) atoms. The molecule has 0 saturated heterocycles. The van der Waals surface area contributed by atoms with Crippen LogP contribution in [0.4, 0.5) is 0 Å². The van der Waals surface area contributed by atoms with Gasteiger partial charge in [-0.3, -0.25) is 4.99 Å². The molecule has 2 N–H and O–H groups in total. The van der Waals surface area contributed by atoms with Crippen LogP contribution in [-0.4, -0.2) is 25.4 Å². The van der Waals surface area contributed by atoms with Gasteiger partial charge in [-0.05, 0) is 52.1 Å². The van der Waals surface area contributed by atoms with Crippen LogP contribution in [0.3, 0.4) is 0 Å². The summed E-state index contributed by atoms with van der Waals surface area (Å²) >= 11 is 0. The van der Waals surface area contributed by atoms with Crippen LogP contribution in [0, 0.1) is 0 Å². The molecular formula is C33H29BN2O2. The maximum absolute atomic E-state index is 6.73. The molecule has 1 saturated carbocycles. The SMILES string of the molecule is N[C@H]1CCCC[C@@H]1N=Cc1ccccc1B1Oc2ccc3ccccc3c2-c2c(ccc3ccccc23)O1. The van der Waals surface area contributed by atoms with Crippen molar-refractivity contribution in [3.05, 3.63) is 103 Å². The van der Waals surface area contributed by atoms with Gasteiger partial charge in [-0.1, -0.05) is 97.8 Å². The lowest BCUT2D eigenvalue weighted by Crippen LogP contribution is -2.44. The van der Waals surface area contributed by atoms with Crippen LogP contribution in [-0.2, 0) is 0 Å². The molecule has 1 fully saturated rings. The van der Waals surface area contributed by atoms with E-state index < -0.39 is 7.12 Å². The maximum atomic E-state index is 6.73. The van der Waals surface area contributed by atoms with Crippen molar-refractivity contribution in [2.45, 2.75) is 37.8 Å². The Kier molecular flexibility index (Phi) is 5.86. The van der Waals surface area contributed by atoms with E-state index in [1.807, 2.05) is 18.3 Å². The summed E-state index contributed by atoms with van der Waals surface area (Å²) in [4.78, 5) is 4.92. The zero-order valence-electron chi connectivity index (χ0n) is 21.2. The molecule has 1 aliphatic heterocycles. The van der Waals surface area contributed by atoms with Gasteiger partial charge in [0.1, 0.15) is 11.5 Å². The van der Waals surface area contributed by atoms with Crippen LogP contribution in [0.2, 0.25) is 0 Å². The summed E-state index contributed by atoms with van der Waals surface area (Å²) in [5.41, 5.74) is 10.4. The van der Waals surface area contributed by atoms with Crippen molar-refractivity contribution >= 4 is 40.3 Å². The molecular weight excluding hydrogens is 467 g/mol. The third-order valence-electron chi connectivity index (χ3n) is 7.94. The van der Waals surface area contributed by atoms with Crippen molar-refractivity contribution in [1.82, 2.24) is 0 Å². The molecule has 7 rings (SSSR count). The Hall–Kier alpha value is -4.09. The largest absolute Gasteiger partial charge is 0.633 e. The highest BCUT2D eigenvalue weighted by molar-refractivity contribution is 6.64. The summed E-state index contributed by atoms with van der Waals surface area (Å²) in [6, 6.07) is 33.8. The quantitative estimate of drug-likeness (QED) is 0.229. The van der Waals surface area contributed by atoms with Crippen molar-refractivity contribution in [1.29, 1.82) is 0 Å². The van der Waals surface area contributed by atoms with E-state index in [1.165, 1.54) is 23.6 Å². The maximum Gasteiger partial charge on any atom is 0.633 e. The molecule has 1 aliphatic carbocycles. The van der Waals surface area contributed by atoms with Crippen molar-refractivity contribution < 1.29 is 9.31 Å². The number of fused-ring (bicyclic) bond motifs is 7. The molecule has 1 heterocycles. The van der Waals surface area contributed by atoms with Crippen molar-refractivity contribution in [2.75, 3.05) is 0 Å². The summed E-state index contributed by atoms with van der Waals surface area (Å²) in [6.07, 6.45) is 6.41. The van der Waals surface area contributed by atoms with Gasteiger partial charge in [0.25, 0.3) is 0 Å². The zero-order chi connectivity index (χ0) is 25.5. The number of nitrogens with two attached hydrogens (primary N) is 1. The van der Waals surface area contributed by atoms with Crippen molar-refractivity contribution in [2.24, 2.45) is 10.7 Å². The van der Waals surface area contributed by atoms with Gasteiger partial charge < -0.3 is 15.0 Å². The highest BCUT2D eigenvalue weighted by Gasteiger charge is 2.35. The van der Waals surface area contributed by atoms with E-state index in [1.54, 1.807) is 0 Å². The monoisotopic (exact) mass is 496 g/mol. The normalized spacial score (nSPS) is 19.0. The van der Waals surface area contributed by atoms with E-state index in [2.05, 4.69) is 84.9 Å². The Morgan fingerprint density at radius 1 is 0.684 bits per heavy atom. The first kappa shape index (κ1) is 23.1. The van der Waals surface area contributed by atoms with Crippen LogP contribution < -0.4 is 20.5 Å². The lowest BCUT2D eigenvalue weighted by atomic mass is 9.75. The number of rotatable bonds is 3. The van der Waals surface area contributed by atoms with Crippen molar-refractivity contribution in [3.8, 4) is 22.6 Å². The number of aliphatic imine (C=N–C) groups is 1. The summed E-state index contributed by atoms with van der Waals surface area (Å²) in [5.74, 6) is 1.62. The average Bonchev–Trinajstić information content (AvgIpc) is 3.14. The molecule has 0 unspecified atom stereocenters. The molecule has 0 aromatic heterocycles. The van der Waals surface area contributed by atoms with Gasteiger partial charge in [-0.2, -0.15) is 0 Å². The average molecular weight is 496 g/mol. The molecule has 0 amide bonds. The topological polar surface area (TPSA) is 56.8 Å². The van der Waals surface area contributed by atoms with Gasteiger partial charge in [0.2, 0.25) is 0 Å². The molecule has 5 aromatic carbocycles. The predicted octanol–water partition coefficient (Wildman–Crippen LogP) is 6.52. The second-order valence-corrected chi connectivity index (χ2v) is 10.3. The van der Waals surface area contributed by atoms with E-state index in [-0.39, 0.29) is 12.1 Å². The van der Waals surface area contributed by atoms with Crippen LogP contribution in [0.15, 0.2) is 102 Å². The highest BCUT2D eigenvalue weighted by atomic mass is 16.6. The molecule has 4 nitrogen and oxygen atoms in total. The molecule has 5 heteroatoms.